The molecule has 9 heteroatoms. The Bertz CT molecular complexity index is 887. The van der Waals surface area contributed by atoms with Gasteiger partial charge in [0.05, 0.1) is 12.2 Å². The topological polar surface area (TPSA) is 76.2 Å². The third-order valence-corrected chi connectivity index (χ3v) is 4.97. The Morgan fingerprint density at radius 2 is 2.04 bits per heavy atom. The highest BCUT2D eigenvalue weighted by Crippen LogP contribution is 2.27. The second kappa shape index (κ2) is 8.73. The Balaban J connectivity index is 0.00000131. The van der Waals surface area contributed by atoms with Crippen LogP contribution in [0.5, 0.6) is 0 Å². The standard InChI is InChI=1S/C18H22N6O.2ClH/c1-14-4-2-5-16-22-15(13-23(14)16)12-20-17(25)18(6-9-19-10-7-18)24-11-3-8-21-24;;/h2-5,8,11,13,19H,6-7,9-10,12H2,1H3,(H,20,25);2*1H. The molecule has 3 aromatic rings. The maximum Gasteiger partial charge on any atom is 0.248 e. The van der Waals surface area contributed by atoms with Gasteiger partial charge in [0.1, 0.15) is 11.2 Å². The van der Waals surface area contributed by atoms with Crippen LogP contribution in [0.2, 0.25) is 0 Å². The molecule has 1 amide bonds. The molecule has 0 saturated carbocycles. The SMILES string of the molecule is Cc1cccc2nc(CNC(=O)C3(n4cccn4)CCNCC3)cn12.Cl.Cl. The van der Waals surface area contributed by atoms with Crippen LogP contribution in [0, 0.1) is 6.92 Å². The van der Waals surface area contributed by atoms with Gasteiger partial charge in [0.15, 0.2) is 0 Å². The molecule has 1 aliphatic heterocycles. The molecule has 27 heavy (non-hydrogen) atoms. The number of piperidine rings is 1. The summed E-state index contributed by atoms with van der Waals surface area (Å²) in [4.78, 5) is 17.6. The van der Waals surface area contributed by atoms with E-state index in [1.165, 1.54) is 0 Å². The predicted octanol–water partition coefficient (Wildman–Crippen LogP) is 2.08. The van der Waals surface area contributed by atoms with E-state index < -0.39 is 5.54 Å². The number of hydrogen-bond acceptors (Lipinski definition) is 4. The fourth-order valence-electron chi connectivity index (χ4n) is 3.54. The summed E-state index contributed by atoms with van der Waals surface area (Å²) in [5, 5.41) is 10.7. The van der Waals surface area contributed by atoms with Crippen molar-refractivity contribution in [2.45, 2.75) is 31.8 Å². The zero-order valence-electron chi connectivity index (χ0n) is 15.1. The van der Waals surface area contributed by atoms with Crippen molar-refractivity contribution in [1.82, 2.24) is 29.8 Å². The predicted molar refractivity (Wildman–Crippen MR) is 109 cm³/mol. The van der Waals surface area contributed by atoms with Crippen molar-refractivity contribution in [2.24, 2.45) is 0 Å². The average Bonchev–Trinajstić information content (AvgIpc) is 3.31. The molecule has 1 fully saturated rings. The van der Waals surface area contributed by atoms with Crippen LogP contribution in [0.25, 0.3) is 5.65 Å². The van der Waals surface area contributed by atoms with E-state index >= 15 is 0 Å². The first-order valence-corrected chi connectivity index (χ1v) is 8.62. The van der Waals surface area contributed by atoms with Gasteiger partial charge in [-0.3, -0.25) is 9.48 Å². The maximum absolute atomic E-state index is 13.0. The normalized spacial score (nSPS) is 15.6. The van der Waals surface area contributed by atoms with E-state index in [9.17, 15) is 4.79 Å². The van der Waals surface area contributed by atoms with Crippen LogP contribution in [0.3, 0.4) is 0 Å². The number of pyridine rings is 1. The van der Waals surface area contributed by atoms with Crippen LogP contribution in [0.1, 0.15) is 24.2 Å². The van der Waals surface area contributed by atoms with Crippen LogP contribution in [-0.2, 0) is 16.9 Å². The molecule has 0 spiro atoms. The molecule has 2 N–H and O–H groups in total. The van der Waals surface area contributed by atoms with Gasteiger partial charge in [0, 0.05) is 24.3 Å². The van der Waals surface area contributed by atoms with Crippen molar-refractivity contribution >= 4 is 36.4 Å². The van der Waals surface area contributed by atoms with Gasteiger partial charge in [-0.1, -0.05) is 6.07 Å². The van der Waals surface area contributed by atoms with Gasteiger partial charge >= 0.3 is 0 Å². The number of carbonyl (C=O) groups is 1. The van der Waals surface area contributed by atoms with Gasteiger partial charge in [-0.05, 0) is 51.1 Å². The molecule has 0 aromatic carbocycles. The Kier molecular flexibility index (Phi) is 6.86. The minimum absolute atomic E-state index is 0. The molecule has 7 nitrogen and oxygen atoms in total. The van der Waals surface area contributed by atoms with Gasteiger partial charge in [0.25, 0.3) is 0 Å². The molecule has 3 aromatic heterocycles. The highest BCUT2D eigenvalue weighted by Gasteiger charge is 2.41. The number of imidazole rings is 1. The molecule has 0 bridgehead atoms. The number of halogens is 2. The first-order valence-electron chi connectivity index (χ1n) is 8.62. The summed E-state index contributed by atoms with van der Waals surface area (Å²) in [5.74, 6) is 0.00600. The summed E-state index contributed by atoms with van der Waals surface area (Å²) >= 11 is 0. The number of aryl methyl sites for hydroxylation is 1. The molecule has 0 aliphatic carbocycles. The molecule has 146 valence electrons. The third kappa shape index (κ3) is 3.95. The number of amides is 1. The molecular formula is C18H24Cl2N6O. The molecule has 1 aliphatic rings. The molecule has 4 heterocycles. The van der Waals surface area contributed by atoms with Crippen molar-refractivity contribution < 1.29 is 4.79 Å². The highest BCUT2D eigenvalue weighted by molar-refractivity contribution is 5.85. The molecular weight excluding hydrogens is 387 g/mol. The minimum atomic E-state index is -0.621. The van der Waals surface area contributed by atoms with Gasteiger partial charge in [-0.25, -0.2) is 4.98 Å². The number of aromatic nitrogens is 4. The van der Waals surface area contributed by atoms with Crippen molar-refractivity contribution in [3.05, 3.63) is 54.2 Å². The lowest BCUT2D eigenvalue weighted by Crippen LogP contribution is -2.54. The maximum atomic E-state index is 13.0. The van der Waals surface area contributed by atoms with Crippen molar-refractivity contribution in [3.63, 3.8) is 0 Å². The number of carbonyl (C=O) groups excluding carboxylic acids is 1. The summed E-state index contributed by atoms with van der Waals surface area (Å²) < 4.78 is 3.84. The number of nitrogens with one attached hydrogen (secondary N) is 2. The summed E-state index contributed by atoms with van der Waals surface area (Å²) in [6.07, 6.45) is 7.03. The highest BCUT2D eigenvalue weighted by atomic mass is 35.5. The van der Waals surface area contributed by atoms with E-state index in [0.29, 0.717) is 6.54 Å². The second-order valence-electron chi connectivity index (χ2n) is 6.54. The van der Waals surface area contributed by atoms with Crippen LogP contribution >= 0.6 is 24.8 Å². The monoisotopic (exact) mass is 410 g/mol. The quantitative estimate of drug-likeness (QED) is 0.690. The molecule has 0 atom stereocenters. The number of fused-ring (bicyclic) bond motifs is 1. The minimum Gasteiger partial charge on any atom is -0.348 e. The van der Waals surface area contributed by atoms with Crippen molar-refractivity contribution in [3.8, 4) is 0 Å². The lowest BCUT2D eigenvalue weighted by atomic mass is 9.87. The summed E-state index contributed by atoms with van der Waals surface area (Å²) in [6.45, 7) is 4.07. The molecule has 4 rings (SSSR count). The van der Waals surface area contributed by atoms with Gasteiger partial charge in [-0.15, -0.1) is 24.8 Å². The fourth-order valence-corrected chi connectivity index (χ4v) is 3.54. The van der Waals surface area contributed by atoms with E-state index in [1.54, 1.807) is 10.9 Å². The van der Waals surface area contributed by atoms with E-state index in [-0.39, 0.29) is 30.7 Å². The number of hydrogen-bond donors (Lipinski definition) is 2. The lowest BCUT2D eigenvalue weighted by Gasteiger charge is -2.36. The van der Waals surface area contributed by atoms with Gasteiger partial charge in [-0.2, -0.15) is 5.10 Å². The van der Waals surface area contributed by atoms with Crippen molar-refractivity contribution in [2.75, 3.05) is 13.1 Å². The van der Waals surface area contributed by atoms with Crippen LogP contribution in [0.4, 0.5) is 0 Å². The smallest absolute Gasteiger partial charge is 0.248 e. The van der Waals surface area contributed by atoms with E-state index in [4.69, 9.17) is 0 Å². The van der Waals surface area contributed by atoms with E-state index in [2.05, 4.69) is 20.7 Å². The second-order valence-corrected chi connectivity index (χ2v) is 6.54. The van der Waals surface area contributed by atoms with E-state index in [0.717, 1.165) is 43.0 Å². The summed E-state index contributed by atoms with van der Waals surface area (Å²) in [6, 6.07) is 7.86. The Morgan fingerprint density at radius 1 is 1.26 bits per heavy atom. The van der Waals surface area contributed by atoms with Gasteiger partial charge in [0.2, 0.25) is 5.91 Å². The van der Waals surface area contributed by atoms with Crippen molar-refractivity contribution in [1.29, 1.82) is 0 Å². The molecule has 0 radical (unpaired) electrons. The first-order chi connectivity index (χ1) is 12.2. The van der Waals surface area contributed by atoms with Crippen LogP contribution < -0.4 is 10.6 Å². The van der Waals surface area contributed by atoms with Crippen LogP contribution in [0.15, 0.2) is 42.9 Å². The molecule has 0 unspecified atom stereocenters. The van der Waals surface area contributed by atoms with Gasteiger partial charge < -0.3 is 15.0 Å². The largest absolute Gasteiger partial charge is 0.348 e. The summed E-state index contributed by atoms with van der Waals surface area (Å²) in [7, 11) is 0. The average molecular weight is 411 g/mol. The first kappa shape index (κ1) is 21.2. The Morgan fingerprint density at radius 3 is 2.70 bits per heavy atom. The Hall–Kier alpha value is -2.09. The fraction of sp³-hybridized carbons (Fsp3) is 0.389. The van der Waals surface area contributed by atoms with E-state index in [1.807, 2.05) is 48.0 Å². The third-order valence-electron chi connectivity index (χ3n) is 4.97. The number of rotatable bonds is 4. The van der Waals surface area contributed by atoms with Crippen LogP contribution in [-0.4, -0.2) is 38.2 Å². The number of nitrogens with zero attached hydrogens (tertiary/aromatic N) is 4. The zero-order chi connectivity index (χ0) is 17.3. The Labute approximate surface area is 170 Å². The lowest BCUT2D eigenvalue weighted by molar-refractivity contribution is -0.132. The zero-order valence-corrected chi connectivity index (χ0v) is 16.7. The summed E-state index contributed by atoms with van der Waals surface area (Å²) in [5.41, 5.74) is 2.25. The molecule has 1 saturated heterocycles.